The molecular formula is C7H9N3O2S. The van der Waals surface area contributed by atoms with Crippen LogP contribution < -0.4 is 5.73 Å². The number of hydrogen-bond acceptors (Lipinski definition) is 5. The Hall–Kier alpha value is -1.30. The van der Waals surface area contributed by atoms with Gasteiger partial charge < -0.3 is 10.8 Å². The SMILES string of the molecule is CSc1nc(C)nc(N)c1C(=O)O. The van der Waals surface area contributed by atoms with Crippen LogP contribution in [0.15, 0.2) is 5.03 Å². The molecule has 0 amide bonds. The van der Waals surface area contributed by atoms with E-state index in [1.807, 2.05) is 0 Å². The van der Waals surface area contributed by atoms with Crippen LogP contribution in [0.2, 0.25) is 0 Å². The average molecular weight is 199 g/mol. The predicted molar refractivity (Wildman–Crippen MR) is 49.9 cm³/mol. The monoisotopic (exact) mass is 199 g/mol. The van der Waals surface area contributed by atoms with E-state index in [1.165, 1.54) is 11.8 Å². The lowest BCUT2D eigenvalue weighted by Gasteiger charge is -2.05. The normalized spacial score (nSPS) is 10.0. The lowest BCUT2D eigenvalue weighted by molar-refractivity contribution is 0.0693. The summed E-state index contributed by atoms with van der Waals surface area (Å²) < 4.78 is 0. The molecule has 0 spiro atoms. The molecule has 5 nitrogen and oxygen atoms in total. The number of carbonyl (C=O) groups is 1. The molecule has 1 aromatic rings. The quantitative estimate of drug-likeness (QED) is 0.540. The van der Waals surface area contributed by atoms with Gasteiger partial charge in [-0.05, 0) is 13.2 Å². The highest BCUT2D eigenvalue weighted by Crippen LogP contribution is 2.21. The number of carboxylic acid groups (broad SMARTS) is 1. The van der Waals surface area contributed by atoms with Crippen molar-refractivity contribution in [3.05, 3.63) is 11.4 Å². The molecule has 1 heterocycles. The standard InChI is InChI=1S/C7H9N3O2S/c1-3-9-5(8)4(7(11)12)6(10-3)13-2/h1-2H3,(H,11,12)(H2,8,9,10). The summed E-state index contributed by atoms with van der Waals surface area (Å²) >= 11 is 1.24. The molecule has 0 radical (unpaired) electrons. The third-order valence-electron chi connectivity index (χ3n) is 1.42. The van der Waals surface area contributed by atoms with Crippen LogP contribution >= 0.6 is 11.8 Å². The third kappa shape index (κ3) is 1.89. The number of rotatable bonds is 2. The van der Waals surface area contributed by atoms with Crippen molar-refractivity contribution >= 4 is 23.5 Å². The zero-order valence-corrected chi connectivity index (χ0v) is 8.05. The van der Waals surface area contributed by atoms with Crippen molar-refractivity contribution in [1.29, 1.82) is 0 Å². The Morgan fingerprint density at radius 1 is 1.54 bits per heavy atom. The Kier molecular flexibility index (Phi) is 2.72. The molecule has 0 aromatic carbocycles. The fourth-order valence-corrected chi connectivity index (χ4v) is 1.54. The van der Waals surface area contributed by atoms with E-state index in [4.69, 9.17) is 10.8 Å². The molecule has 0 saturated heterocycles. The van der Waals surface area contributed by atoms with Gasteiger partial charge >= 0.3 is 5.97 Å². The van der Waals surface area contributed by atoms with Crippen molar-refractivity contribution in [2.45, 2.75) is 11.9 Å². The number of thioether (sulfide) groups is 1. The zero-order valence-electron chi connectivity index (χ0n) is 7.24. The number of aryl methyl sites for hydroxylation is 1. The van der Waals surface area contributed by atoms with Crippen molar-refractivity contribution in [2.75, 3.05) is 12.0 Å². The number of carboxylic acids is 1. The molecule has 70 valence electrons. The summed E-state index contributed by atoms with van der Waals surface area (Å²) in [4.78, 5) is 18.5. The Balaban J connectivity index is 3.38. The maximum Gasteiger partial charge on any atom is 0.342 e. The minimum Gasteiger partial charge on any atom is -0.477 e. The zero-order chi connectivity index (χ0) is 10.0. The number of aromatic carboxylic acids is 1. The lowest BCUT2D eigenvalue weighted by Crippen LogP contribution is -2.09. The topological polar surface area (TPSA) is 89.1 Å². The van der Waals surface area contributed by atoms with Crippen molar-refractivity contribution < 1.29 is 9.90 Å². The summed E-state index contributed by atoms with van der Waals surface area (Å²) in [7, 11) is 0. The molecule has 13 heavy (non-hydrogen) atoms. The van der Waals surface area contributed by atoms with Crippen LogP contribution in [0.25, 0.3) is 0 Å². The molecule has 0 saturated carbocycles. The number of nitrogens with zero attached hydrogens (tertiary/aromatic N) is 2. The Morgan fingerprint density at radius 3 is 2.62 bits per heavy atom. The summed E-state index contributed by atoms with van der Waals surface area (Å²) in [6, 6.07) is 0. The second-order valence-corrected chi connectivity index (χ2v) is 3.14. The van der Waals surface area contributed by atoms with Gasteiger partial charge in [-0.2, -0.15) is 0 Å². The summed E-state index contributed by atoms with van der Waals surface area (Å²) in [5.74, 6) is -0.599. The van der Waals surface area contributed by atoms with Crippen LogP contribution in [-0.2, 0) is 0 Å². The fourth-order valence-electron chi connectivity index (χ4n) is 0.916. The van der Waals surface area contributed by atoms with Crippen molar-refractivity contribution in [3.8, 4) is 0 Å². The molecule has 0 unspecified atom stereocenters. The van der Waals surface area contributed by atoms with Gasteiger partial charge in [-0.15, -0.1) is 11.8 Å². The van der Waals surface area contributed by atoms with Crippen LogP contribution in [0.4, 0.5) is 5.82 Å². The first-order chi connectivity index (χ1) is 6.06. The number of anilines is 1. The highest BCUT2D eigenvalue weighted by molar-refractivity contribution is 7.98. The number of nitrogens with two attached hydrogens (primary N) is 1. The van der Waals surface area contributed by atoms with Gasteiger partial charge in [0.15, 0.2) is 0 Å². The Labute approximate surface area is 79.4 Å². The highest BCUT2D eigenvalue weighted by atomic mass is 32.2. The van der Waals surface area contributed by atoms with E-state index < -0.39 is 5.97 Å². The minimum atomic E-state index is -1.10. The van der Waals surface area contributed by atoms with E-state index in [1.54, 1.807) is 13.2 Å². The van der Waals surface area contributed by atoms with Crippen LogP contribution in [0.5, 0.6) is 0 Å². The van der Waals surface area contributed by atoms with Gasteiger partial charge in [-0.25, -0.2) is 14.8 Å². The van der Waals surface area contributed by atoms with Crippen molar-refractivity contribution in [2.24, 2.45) is 0 Å². The average Bonchev–Trinajstić information content (AvgIpc) is 2.01. The Bertz CT molecular complexity index is 354. The van der Waals surface area contributed by atoms with Gasteiger partial charge in [0.25, 0.3) is 0 Å². The van der Waals surface area contributed by atoms with E-state index in [0.29, 0.717) is 10.9 Å². The van der Waals surface area contributed by atoms with Crippen LogP contribution in [0.1, 0.15) is 16.2 Å². The van der Waals surface area contributed by atoms with Crippen LogP contribution in [0.3, 0.4) is 0 Å². The van der Waals surface area contributed by atoms with Gasteiger partial charge in [-0.3, -0.25) is 0 Å². The molecular weight excluding hydrogens is 190 g/mol. The molecule has 3 N–H and O–H groups in total. The van der Waals surface area contributed by atoms with Crippen LogP contribution in [-0.4, -0.2) is 27.3 Å². The predicted octanol–water partition coefficient (Wildman–Crippen LogP) is 0.787. The molecule has 0 fully saturated rings. The van der Waals surface area contributed by atoms with Gasteiger partial charge in [-0.1, -0.05) is 0 Å². The van der Waals surface area contributed by atoms with Gasteiger partial charge in [0.1, 0.15) is 22.2 Å². The summed E-state index contributed by atoms with van der Waals surface area (Å²) in [6.07, 6.45) is 1.74. The number of nitrogen functional groups attached to an aromatic ring is 1. The molecule has 0 aliphatic rings. The first-order valence-electron chi connectivity index (χ1n) is 3.47. The summed E-state index contributed by atoms with van der Waals surface area (Å²) in [5.41, 5.74) is 5.44. The van der Waals surface area contributed by atoms with E-state index in [9.17, 15) is 4.79 Å². The van der Waals surface area contributed by atoms with E-state index in [0.717, 1.165) is 0 Å². The maximum absolute atomic E-state index is 10.7. The second-order valence-electron chi connectivity index (χ2n) is 2.35. The second kappa shape index (κ2) is 3.61. The van der Waals surface area contributed by atoms with Gasteiger partial charge in [0.2, 0.25) is 0 Å². The van der Waals surface area contributed by atoms with Gasteiger partial charge in [0.05, 0.1) is 0 Å². The lowest BCUT2D eigenvalue weighted by atomic mass is 10.3. The summed E-state index contributed by atoms with van der Waals surface area (Å²) in [5, 5.41) is 9.20. The number of hydrogen-bond donors (Lipinski definition) is 2. The molecule has 0 aliphatic carbocycles. The first-order valence-corrected chi connectivity index (χ1v) is 4.70. The molecule has 0 aliphatic heterocycles. The highest BCUT2D eigenvalue weighted by Gasteiger charge is 2.16. The third-order valence-corrected chi connectivity index (χ3v) is 2.10. The minimum absolute atomic E-state index is 0.0156. The van der Waals surface area contributed by atoms with E-state index in [2.05, 4.69) is 9.97 Å². The first kappa shape index (κ1) is 9.79. The Morgan fingerprint density at radius 2 is 2.15 bits per heavy atom. The molecule has 0 bridgehead atoms. The molecule has 6 heteroatoms. The largest absolute Gasteiger partial charge is 0.477 e. The van der Waals surface area contributed by atoms with Crippen molar-refractivity contribution in [1.82, 2.24) is 9.97 Å². The smallest absolute Gasteiger partial charge is 0.342 e. The number of aromatic nitrogens is 2. The maximum atomic E-state index is 10.7. The molecule has 0 atom stereocenters. The van der Waals surface area contributed by atoms with Gasteiger partial charge in [0, 0.05) is 0 Å². The van der Waals surface area contributed by atoms with E-state index >= 15 is 0 Å². The van der Waals surface area contributed by atoms with E-state index in [-0.39, 0.29) is 11.4 Å². The van der Waals surface area contributed by atoms with Crippen LogP contribution in [0, 0.1) is 6.92 Å². The van der Waals surface area contributed by atoms with Crippen molar-refractivity contribution in [3.63, 3.8) is 0 Å². The summed E-state index contributed by atoms with van der Waals surface area (Å²) in [6.45, 7) is 1.67. The molecule has 1 aromatic heterocycles. The molecule has 1 rings (SSSR count). The fraction of sp³-hybridized carbons (Fsp3) is 0.286.